The fourth-order valence-electron chi connectivity index (χ4n) is 2.48. The first-order valence-electron chi connectivity index (χ1n) is 6.81. The van der Waals surface area contributed by atoms with Gasteiger partial charge >= 0.3 is 18.0 Å². The van der Waals surface area contributed by atoms with Crippen molar-refractivity contribution in [2.45, 2.75) is 37.3 Å². The lowest BCUT2D eigenvalue weighted by Crippen LogP contribution is -2.59. The molecule has 0 aromatic carbocycles. The Hall–Kier alpha value is -1.83. The minimum Gasteiger partial charge on any atom is -0.481 e. The summed E-state index contributed by atoms with van der Waals surface area (Å²) in [6.45, 7) is 0.477. The molecule has 0 heterocycles. The summed E-state index contributed by atoms with van der Waals surface area (Å²) in [6.07, 6.45) is 2.42. The summed E-state index contributed by atoms with van der Waals surface area (Å²) in [5.74, 6) is -2.63. The molecular formula is C13H23N3O5. The molecule has 8 heteroatoms. The van der Waals surface area contributed by atoms with Gasteiger partial charge in [0.15, 0.2) is 0 Å². The molecule has 1 aliphatic rings. The largest absolute Gasteiger partial charge is 0.481 e. The van der Waals surface area contributed by atoms with E-state index in [1.807, 2.05) is 14.1 Å². The van der Waals surface area contributed by atoms with Gasteiger partial charge in [-0.3, -0.25) is 4.79 Å². The van der Waals surface area contributed by atoms with Gasteiger partial charge in [0, 0.05) is 19.1 Å². The molecule has 0 aromatic rings. The first-order chi connectivity index (χ1) is 9.68. The second-order valence-corrected chi connectivity index (χ2v) is 5.77. The third kappa shape index (κ3) is 4.32. The molecule has 0 aromatic heterocycles. The Kier molecular flexibility index (Phi) is 5.54. The standard InChI is InChI=1S/C13H23N3O5/c1-15(2)13(5-4-6-13)8-16(3)12(21)14-9(11(19)20)7-10(17)18/h9H,4-8H2,1-3H3,(H,14,21)(H,17,18)(H,19,20). The number of amides is 2. The maximum Gasteiger partial charge on any atom is 0.326 e. The van der Waals surface area contributed by atoms with Gasteiger partial charge in [0.05, 0.1) is 6.42 Å². The fraction of sp³-hybridized carbons (Fsp3) is 0.769. The number of nitrogens with one attached hydrogen (secondary N) is 1. The van der Waals surface area contributed by atoms with Crippen LogP contribution in [0, 0.1) is 0 Å². The van der Waals surface area contributed by atoms with E-state index in [1.54, 1.807) is 7.05 Å². The van der Waals surface area contributed by atoms with Crippen LogP contribution >= 0.6 is 0 Å². The maximum atomic E-state index is 12.0. The van der Waals surface area contributed by atoms with E-state index in [2.05, 4.69) is 10.2 Å². The summed E-state index contributed by atoms with van der Waals surface area (Å²) in [5, 5.41) is 19.8. The number of aliphatic carboxylic acids is 2. The summed E-state index contributed by atoms with van der Waals surface area (Å²) >= 11 is 0. The molecule has 21 heavy (non-hydrogen) atoms. The van der Waals surface area contributed by atoms with Gasteiger partial charge in [-0.05, 0) is 33.4 Å². The summed E-state index contributed by atoms with van der Waals surface area (Å²) in [4.78, 5) is 37.1. The lowest BCUT2D eigenvalue weighted by atomic mass is 9.75. The first-order valence-corrected chi connectivity index (χ1v) is 6.81. The zero-order valence-corrected chi connectivity index (χ0v) is 12.6. The van der Waals surface area contributed by atoms with Gasteiger partial charge in [0.25, 0.3) is 0 Å². The van der Waals surface area contributed by atoms with Crippen LogP contribution in [0.25, 0.3) is 0 Å². The molecule has 0 radical (unpaired) electrons. The van der Waals surface area contributed by atoms with E-state index < -0.39 is 30.4 Å². The van der Waals surface area contributed by atoms with Gasteiger partial charge < -0.3 is 25.3 Å². The molecule has 1 atom stereocenters. The average molecular weight is 301 g/mol. The highest BCUT2D eigenvalue weighted by Crippen LogP contribution is 2.36. The third-order valence-corrected chi connectivity index (χ3v) is 4.09. The van der Waals surface area contributed by atoms with Crippen LogP contribution in [-0.2, 0) is 9.59 Å². The smallest absolute Gasteiger partial charge is 0.326 e. The molecule has 0 bridgehead atoms. The van der Waals surface area contributed by atoms with Gasteiger partial charge in [0.1, 0.15) is 6.04 Å². The molecular weight excluding hydrogens is 278 g/mol. The average Bonchev–Trinajstić information content (AvgIpc) is 2.31. The predicted molar refractivity (Wildman–Crippen MR) is 75.1 cm³/mol. The molecule has 1 fully saturated rings. The molecule has 1 saturated carbocycles. The predicted octanol–water partition coefficient (Wildman–Crippen LogP) is 0.0400. The van der Waals surface area contributed by atoms with Crippen molar-refractivity contribution in [2.24, 2.45) is 0 Å². The van der Waals surface area contributed by atoms with Gasteiger partial charge in [-0.2, -0.15) is 0 Å². The highest BCUT2D eigenvalue weighted by Gasteiger charge is 2.41. The van der Waals surface area contributed by atoms with Crippen molar-refractivity contribution in [2.75, 3.05) is 27.7 Å². The van der Waals surface area contributed by atoms with Crippen molar-refractivity contribution < 1.29 is 24.6 Å². The number of nitrogens with zero attached hydrogens (tertiary/aromatic N) is 2. The minimum absolute atomic E-state index is 0.0718. The van der Waals surface area contributed by atoms with E-state index in [1.165, 1.54) is 4.90 Å². The molecule has 0 aliphatic heterocycles. The Balaban J connectivity index is 2.61. The van der Waals surface area contributed by atoms with Crippen LogP contribution in [0.3, 0.4) is 0 Å². The SMILES string of the molecule is CN(CC1(N(C)C)CCC1)C(=O)NC(CC(=O)O)C(=O)O. The van der Waals surface area contributed by atoms with Crippen molar-refractivity contribution >= 4 is 18.0 Å². The Bertz CT molecular complexity index is 420. The Morgan fingerprint density at radius 3 is 2.10 bits per heavy atom. The third-order valence-electron chi connectivity index (χ3n) is 4.09. The topological polar surface area (TPSA) is 110 Å². The normalized spacial score (nSPS) is 17.7. The minimum atomic E-state index is -1.42. The number of carbonyl (C=O) groups is 3. The molecule has 1 aliphatic carbocycles. The van der Waals surface area contributed by atoms with Crippen LogP contribution in [-0.4, -0.2) is 77.3 Å². The van der Waals surface area contributed by atoms with Crippen LogP contribution < -0.4 is 5.32 Å². The highest BCUT2D eigenvalue weighted by molar-refractivity contribution is 5.86. The highest BCUT2D eigenvalue weighted by atomic mass is 16.4. The van der Waals surface area contributed by atoms with Crippen molar-refractivity contribution in [1.29, 1.82) is 0 Å². The van der Waals surface area contributed by atoms with E-state index >= 15 is 0 Å². The zero-order chi connectivity index (χ0) is 16.2. The van der Waals surface area contributed by atoms with Crippen LogP contribution in [0.5, 0.6) is 0 Å². The maximum absolute atomic E-state index is 12.0. The summed E-state index contributed by atoms with van der Waals surface area (Å²) < 4.78 is 0. The molecule has 3 N–H and O–H groups in total. The second-order valence-electron chi connectivity index (χ2n) is 5.77. The lowest BCUT2D eigenvalue weighted by molar-refractivity contribution is -0.145. The molecule has 2 amide bonds. The number of carbonyl (C=O) groups excluding carboxylic acids is 1. The number of rotatable bonds is 7. The lowest BCUT2D eigenvalue weighted by Gasteiger charge is -2.49. The van der Waals surface area contributed by atoms with Gasteiger partial charge in [-0.15, -0.1) is 0 Å². The first kappa shape index (κ1) is 17.2. The molecule has 0 saturated heterocycles. The van der Waals surface area contributed by atoms with Crippen molar-refractivity contribution in [3.63, 3.8) is 0 Å². The van der Waals surface area contributed by atoms with Crippen LogP contribution in [0.4, 0.5) is 4.79 Å². The fourth-order valence-corrected chi connectivity index (χ4v) is 2.48. The van der Waals surface area contributed by atoms with Crippen molar-refractivity contribution in [3.8, 4) is 0 Å². The number of carboxylic acid groups (broad SMARTS) is 2. The summed E-state index contributed by atoms with van der Waals surface area (Å²) in [5.41, 5.74) is -0.0718. The number of hydrogen-bond donors (Lipinski definition) is 3. The quantitative estimate of drug-likeness (QED) is 0.612. The van der Waals surface area contributed by atoms with Crippen molar-refractivity contribution in [3.05, 3.63) is 0 Å². The number of urea groups is 1. The number of likely N-dealkylation sites (N-methyl/N-ethyl adjacent to an activating group) is 2. The molecule has 8 nitrogen and oxygen atoms in total. The Labute approximate surface area is 123 Å². The van der Waals surface area contributed by atoms with E-state index in [4.69, 9.17) is 10.2 Å². The summed E-state index contributed by atoms with van der Waals surface area (Å²) in [6, 6.07) is -1.99. The van der Waals surface area contributed by atoms with Gasteiger partial charge in [0.2, 0.25) is 0 Å². The second kappa shape index (κ2) is 6.75. The molecule has 1 rings (SSSR count). The van der Waals surface area contributed by atoms with Crippen LogP contribution in [0.15, 0.2) is 0 Å². The van der Waals surface area contributed by atoms with E-state index in [9.17, 15) is 14.4 Å². The number of carboxylic acids is 2. The van der Waals surface area contributed by atoms with Crippen LogP contribution in [0.2, 0.25) is 0 Å². The number of hydrogen-bond acceptors (Lipinski definition) is 4. The Morgan fingerprint density at radius 1 is 1.19 bits per heavy atom. The van der Waals surface area contributed by atoms with Gasteiger partial charge in [-0.1, -0.05) is 0 Å². The van der Waals surface area contributed by atoms with Crippen LogP contribution in [0.1, 0.15) is 25.7 Å². The Morgan fingerprint density at radius 2 is 1.76 bits per heavy atom. The monoisotopic (exact) mass is 301 g/mol. The van der Waals surface area contributed by atoms with Crippen molar-refractivity contribution in [1.82, 2.24) is 15.1 Å². The zero-order valence-electron chi connectivity index (χ0n) is 12.6. The van der Waals surface area contributed by atoms with E-state index in [0.29, 0.717) is 6.54 Å². The molecule has 1 unspecified atom stereocenters. The molecule has 0 spiro atoms. The van der Waals surface area contributed by atoms with Gasteiger partial charge in [-0.25, -0.2) is 9.59 Å². The summed E-state index contributed by atoms with van der Waals surface area (Å²) in [7, 11) is 5.49. The molecule has 120 valence electrons. The van der Waals surface area contributed by atoms with E-state index in [0.717, 1.165) is 19.3 Å². The van der Waals surface area contributed by atoms with E-state index in [-0.39, 0.29) is 5.54 Å².